The molecule has 9 aromatic rings. The van der Waals surface area contributed by atoms with Crippen LogP contribution in [0.3, 0.4) is 0 Å². The van der Waals surface area contributed by atoms with Crippen LogP contribution in [-0.4, -0.2) is 4.57 Å². The van der Waals surface area contributed by atoms with E-state index in [9.17, 15) is 8.22 Å². The molecule has 0 radical (unpaired) electrons. The summed E-state index contributed by atoms with van der Waals surface area (Å²) in [5.41, 5.74) is 3.77. The van der Waals surface area contributed by atoms with Gasteiger partial charge in [-0.3, -0.25) is 0 Å². The highest BCUT2D eigenvalue weighted by molar-refractivity contribution is 6.10. The third kappa shape index (κ3) is 5.34. The third-order valence-corrected chi connectivity index (χ3v) is 8.73. The molecular weight excluding hydrogens is 605 g/mol. The van der Waals surface area contributed by atoms with E-state index in [1.54, 1.807) is 30.3 Å². The smallest absolute Gasteiger partial charge is 0.0651 e. The van der Waals surface area contributed by atoms with E-state index in [0.29, 0.717) is 5.56 Å². The quantitative estimate of drug-likeness (QED) is 0.167. The van der Waals surface area contributed by atoms with Crippen LogP contribution in [0.5, 0.6) is 0 Å². The van der Waals surface area contributed by atoms with Crippen molar-refractivity contribution in [1.82, 2.24) is 4.57 Å². The summed E-state index contributed by atoms with van der Waals surface area (Å²) in [5, 5.41) is 1.72. The molecule has 0 atom stereocenters. The molecule has 0 aliphatic rings. The van der Waals surface area contributed by atoms with Gasteiger partial charge in [-0.1, -0.05) is 145 Å². The first-order valence-electron chi connectivity index (χ1n) is 22.1. The molecule has 1 aromatic heterocycles. The maximum Gasteiger partial charge on any atom is 0.0651 e. The molecule has 0 bridgehead atoms. The Labute approximate surface area is 309 Å². The second-order valence-electron chi connectivity index (χ2n) is 11.7. The lowest BCUT2D eigenvalue weighted by Crippen LogP contribution is -2.11. The zero-order chi connectivity index (χ0) is 43.7. The molecule has 0 amide bonds. The van der Waals surface area contributed by atoms with Gasteiger partial charge in [-0.15, -0.1) is 0 Å². The zero-order valence-electron chi connectivity index (χ0n) is 38.6. The van der Waals surface area contributed by atoms with Crippen LogP contribution in [-0.2, 0) is 0 Å². The summed E-state index contributed by atoms with van der Waals surface area (Å²) in [7, 11) is 0. The summed E-state index contributed by atoms with van der Waals surface area (Å²) >= 11 is 0. The SMILES string of the molecule is [2H]c1cc([2H])c(-c2c([2H])c([2H])c([2H])c([2H])c2[2H])c(N(c2ccc(-c3ccccc3)cc2)c2c([2H])c([2H])c([2H])c(-c3ccc4c(c3)c3ccccc3n4-c3ccccc3)c2[2H])c1[2H]. The molecule has 0 spiro atoms. The van der Waals surface area contributed by atoms with E-state index in [0.717, 1.165) is 44.7 Å². The molecule has 0 N–H and O–H groups in total. The first-order chi connectivity index (χ1) is 29.8. The summed E-state index contributed by atoms with van der Waals surface area (Å²) in [6.45, 7) is 0. The van der Waals surface area contributed by atoms with Crippen LogP contribution >= 0.6 is 0 Å². The summed E-state index contributed by atoms with van der Waals surface area (Å²) in [5.74, 6) is 0. The van der Waals surface area contributed by atoms with Crippen molar-refractivity contribution in [3.05, 3.63) is 206 Å². The summed E-state index contributed by atoms with van der Waals surface area (Å²) in [6.07, 6.45) is 0. The van der Waals surface area contributed by atoms with Gasteiger partial charge in [0, 0.05) is 33.4 Å². The van der Waals surface area contributed by atoms with Gasteiger partial charge in [-0.25, -0.2) is 0 Å². The van der Waals surface area contributed by atoms with E-state index in [1.165, 1.54) is 4.90 Å². The largest absolute Gasteiger partial charge is 0.310 e. The number of rotatable bonds is 7. The Kier molecular flexibility index (Phi) is 4.95. The van der Waals surface area contributed by atoms with Crippen LogP contribution in [0.2, 0.25) is 0 Å². The Balaban J connectivity index is 1.36. The van der Waals surface area contributed by atoms with Crippen LogP contribution < -0.4 is 4.90 Å². The first-order valence-corrected chi connectivity index (χ1v) is 16.1. The monoisotopic (exact) mass is 650 g/mol. The second kappa shape index (κ2) is 12.8. The molecule has 236 valence electrons. The molecule has 0 aliphatic carbocycles. The minimum absolute atomic E-state index is 0.00867. The Morgan fingerprint density at radius 2 is 1.10 bits per heavy atom. The number of anilines is 3. The molecule has 2 nitrogen and oxygen atoms in total. The zero-order valence-corrected chi connectivity index (χ0v) is 26.6. The molecular formula is C48H34N2. The highest BCUT2D eigenvalue weighted by atomic mass is 15.1. The Morgan fingerprint density at radius 1 is 0.420 bits per heavy atom. The summed E-state index contributed by atoms with van der Waals surface area (Å²) in [4.78, 5) is 1.29. The lowest BCUT2D eigenvalue weighted by atomic mass is 9.99. The fourth-order valence-electron chi connectivity index (χ4n) is 6.45. The van der Waals surface area contributed by atoms with E-state index in [2.05, 4.69) is 4.57 Å². The van der Waals surface area contributed by atoms with E-state index >= 15 is 0 Å². The van der Waals surface area contributed by atoms with Crippen LogP contribution in [0, 0.1) is 0 Å². The normalized spacial score (nSPS) is 14.6. The number of nitrogens with zero attached hydrogens (tertiary/aromatic N) is 2. The topological polar surface area (TPSA) is 8.17 Å². The van der Waals surface area contributed by atoms with Crippen molar-refractivity contribution < 1.29 is 16.4 Å². The molecule has 9 rings (SSSR count). The highest BCUT2D eigenvalue weighted by Crippen LogP contribution is 2.43. The van der Waals surface area contributed by atoms with Crippen molar-refractivity contribution in [2.75, 3.05) is 4.90 Å². The van der Waals surface area contributed by atoms with Gasteiger partial charge >= 0.3 is 0 Å². The molecule has 0 saturated carbocycles. The number of para-hydroxylation sites is 3. The van der Waals surface area contributed by atoms with Crippen molar-refractivity contribution in [2.45, 2.75) is 0 Å². The predicted octanol–water partition coefficient (Wildman–Crippen LogP) is 13.3. The average molecular weight is 651 g/mol. The van der Waals surface area contributed by atoms with Crippen LogP contribution in [0.25, 0.3) is 60.9 Å². The van der Waals surface area contributed by atoms with Gasteiger partial charge in [0.1, 0.15) is 0 Å². The van der Waals surface area contributed by atoms with Crippen LogP contribution in [0.1, 0.15) is 16.4 Å². The van der Waals surface area contributed by atoms with Gasteiger partial charge in [-0.2, -0.15) is 0 Å². The summed E-state index contributed by atoms with van der Waals surface area (Å²) in [6, 6.07) is 34.1. The molecule has 1 heterocycles. The number of fused-ring (bicyclic) bond motifs is 3. The molecule has 0 aliphatic heterocycles. The predicted molar refractivity (Wildman–Crippen MR) is 212 cm³/mol. The minimum atomic E-state index is -0.674. The van der Waals surface area contributed by atoms with Gasteiger partial charge < -0.3 is 9.47 Å². The average Bonchev–Trinajstić information content (AvgIpc) is 3.62. The second-order valence-corrected chi connectivity index (χ2v) is 11.7. The van der Waals surface area contributed by atoms with Crippen molar-refractivity contribution in [3.8, 4) is 39.1 Å². The number of hydrogen-bond acceptors (Lipinski definition) is 1. The lowest BCUT2D eigenvalue weighted by Gasteiger charge is -2.28. The van der Waals surface area contributed by atoms with Gasteiger partial charge in [0.2, 0.25) is 0 Å². The molecule has 50 heavy (non-hydrogen) atoms. The Bertz CT molecular complexity index is 3230. The molecule has 0 saturated heterocycles. The van der Waals surface area contributed by atoms with E-state index in [4.69, 9.17) is 8.22 Å². The fourth-order valence-corrected chi connectivity index (χ4v) is 6.45. The third-order valence-electron chi connectivity index (χ3n) is 8.73. The molecule has 0 fully saturated rings. The number of hydrogen-bond donors (Lipinski definition) is 0. The Morgan fingerprint density at radius 3 is 1.92 bits per heavy atom. The van der Waals surface area contributed by atoms with Gasteiger partial charge in [0.25, 0.3) is 0 Å². The van der Waals surface area contributed by atoms with Crippen LogP contribution in [0.4, 0.5) is 17.1 Å². The van der Waals surface area contributed by atoms with Crippen molar-refractivity contribution in [1.29, 1.82) is 0 Å². The van der Waals surface area contributed by atoms with Gasteiger partial charge in [0.15, 0.2) is 0 Å². The van der Waals surface area contributed by atoms with Gasteiger partial charge in [0.05, 0.1) is 33.2 Å². The molecule has 2 heteroatoms. The standard InChI is InChI=1S/C48H34N2/c1-4-15-35(16-5-1)36-27-30-41(31-28-36)49(46-25-12-10-23-43(46)37-17-6-2-7-18-37)42-22-14-19-38(33-42)39-29-32-48-45(34-39)44-24-11-13-26-47(44)50(48)40-20-8-3-9-21-40/h1-34H/i2D,6D,7D,12D,14D,17D,18D,19D,22D,23D,25D,33D. The first kappa shape index (κ1) is 19.4. The number of benzene rings is 8. The highest BCUT2D eigenvalue weighted by Gasteiger charge is 2.19. The summed E-state index contributed by atoms with van der Waals surface area (Å²) < 4.78 is 110. The maximum absolute atomic E-state index is 9.93. The maximum atomic E-state index is 9.93. The van der Waals surface area contributed by atoms with Crippen molar-refractivity contribution >= 4 is 38.9 Å². The lowest BCUT2D eigenvalue weighted by molar-refractivity contribution is 1.18. The minimum Gasteiger partial charge on any atom is -0.310 e. The van der Waals surface area contributed by atoms with Crippen molar-refractivity contribution in [3.63, 3.8) is 0 Å². The van der Waals surface area contributed by atoms with Crippen molar-refractivity contribution in [2.24, 2.45) is 0 Å². The van der Waals surface area contributed by atoms with E-state index in [1.807, 2.05) is 97.1 Å². The molecule has 0 unspecified atom stereocenters. The van der Waals surface area contributed by atoms with E-state index in [-0.39, 0.29) is 40.3 Å². The molecule has 8 aromatic carbocycles. The van der Waals surface area contributed by atoms with Gasteiger partial charge in [-0.05, 0) is 88.4 Å². The van der Waals surface area contributed by atoms with Crippen LogP contribution in [0.15, 0.2) is 206 Å². The Hall–Kier alpha value is -6.64. The fraction of sp³-hybridized carbons (Fsp3) is 0. The van der Waals surface area contributed by atoms with E-state index < -0.39 is 66.0 Å². The number of aromatic nitrogens is 1.